The monoisotopic (exact) mass is 169 g/mol. The Morgan fingerprint density at radius 3 is 2.67 bits per heavy atom. The fourth-order valence-corrected chi connectivity index (χ4v) is 2.15. The minimum absolute atomic E-state index is 0.918. The Bertz CT molecular complexity index is 112. The van der Waals surface area contributed by atoms with Gasteiger partial charge in [0.25, 0.3) is 0 Å². The fourth-order valence-electron chi connectivity index (χ4n) is 2.15. The highest BCUT2D eigenvalue weighted by Gasteiger charge is 2.19. The summed E-state index contributed by atoms with van der Waals surface area (Å²) in [5.74, 6) is 0. The molecule has 1 atom stereocenters. The van der Waals surface area contributed by atoms with Crippen molar-refractivity contribution in [1.29, 1.82) is 0 Å². The molecule has 0 radical (unpaired) electrons. The predicted octanol–water partition coefficient (Wildman–Crippen LogP) is 3.05. The largest absolute Gasteiger partial charge is 0.303 e. The fraction of sp³-hybridized carbons (Fsp3) is 1.00. The van der Waals surface area contributed by atoms with E-state index in [2.05, 4.69) is 18.9 Å². The van der Waals surface area contributed by atoms with Gasteiger partial charge in [-0.3, -0.25) is 0 Å². The zero-order valence-electron chi connectivity index (χ0n) is 8.68. The minimum Gasteiger partial charge on any atom is -0.303 e. The van der Waals surface area contributed by atoms with Crippen molar-refractivity contribution in [2.75, 3.05) is 13.6 Å². The van der Waals surface area contributed by atoms with Crippen molar-refractivity contribution in [2.45, 2.75) is 57.9 Å². The van der Waals surface area contributed by atoms with E-state index in [0.29, 0.717) is 0 Å². The highest BCUT2D eigenvalue weighted by atomic mass is 15.1. The maximum atomic E-state index is 2.53. The van der Waals surface area contributed by atoms with Crippen molar-refractivity contribution >= 4 is 0 Å². The molecular formula is C11H23N. The third kappa shape index (κ3) is 3.14. The first kappa shape index (κ1) is 10.0. The molecule has 72 valence electrons. The van der Waals surface area contributed by atoms with Crippen LogP contribution < -0.4 is 0 Å². The maximum absolute atomic E-state index is 2.53. The minimum atomic E-state index is 0.918. The van der Waals surface area contributed by atoms with Gasteiger partial charge in [-0.1, -0.05) is 32.6 Å². The van der Waals surface area contributed by atoms with Crippen molar-refractivity contribution in [2.24, 2.45) is 0 Å². The van der Waals surface area contributed by atoms with Gasteiger partial charge in [0.2, 0.25) is 0 Å². The molecule has 1 aliphatic rings. The van der Waals surface area contributed by atoms with Crippen LogP contribution in [-0.2, 0) is 0 Å². The summed E-state index contributed by atoms with van der Waals surface area (Å²) in [6.07, 6.45) is 9.99. The van der Waals surface area contributed by atoms with Gasteiger partial charge >= 0.3 is 0 Å². The number of rotatable bonds is 5. The zero-order chi connectivity index (χ0) is 8.81. The standard InChI is InChI=1S/C11H23N/c1-3-4-5-6-8-11-9-7-10-12(11)2/h11H,3-10H2,1-2H3. The van der Waals surface area contributed by atoms with Crippen molar-refractivity contribution in [3.05, 3.63) is 0 Å². The third-order valence-electron chi connectivity index (χ3n) is 3.06. The van der Waals surface area contributed by atoms with E-state index in [9.17, 15) is 0 Å². The molecule has 0 N–H and O–H groups in total. The lowest BCUT2D eigenvalue weighted by atomic mass is 10.1. The summed E-state index contributed by atoms with van der Waals surface area (Å²) in [4.78, 5) is 2.53. The van der Waals surface area contributed by atoms with Crippen LogP contribution in [0, 0.1) is 0 Å². The second-order valence-corrected chi connectivity index (χ2v) is 4.13. The van der Waals surface area contributed by atoms with E-state index in [0.717, 1.165) is 6.04 Å². The van der Waals surface area contributed by atoms with E-state index in [1.54, 1.807) is 0 Å². The molecule has 1 saturated heterocycles. The average Bonchev–Trinajstić information content (AvgIpc) is 2.46. The van der Waals surface area contributed by atoms with Gasteiger partial charge in [-0.25, -0.2) is 0 Å². The van der Waals surface area contributed by atoms with Crippen LogP contribution in [0.3, 0.4) is 0 Å². The van der Waals surface area contributed by atoms with E-state index in [-0.39, 0.29) is 0 Å². The Kier molecular flexibility index (Phi) is 4.67. The van der Waals surface area contributed by atoms with E-state index in [1.807, 2.05) is 0 Å². The molecule has 0 aromatic heterocycles. The number of unbranched alkanes of at least 4 members (excludes halogenated alkanes) is 3. The molecule has 1 nitrogen and oxygen atoms in total. The molecule has 1 heteroatoms. The molecule has 0 spiro atoms. The Hall–Kier alpha value is -0.0400. The highest BCUT2D eigenvalue weighted by molar-refractivity contribution is 4.75. The Balaban J connectivity index is 1.98. The number of nitrogens with zero attached hydrogens (tertiary/aromatic N) is 1. The lowest BCUT2D eigenvalue weighted by molar-refractivity contribution is 0.289. The molecule has 1 unspecified atom stereocenters. The first-order valence-electron chi connectivity index (χ1n) is 5.55. The second-order valence-electron chi connectivity index (χ2n) is 4.13. The third-order valence-corrected chi connectivity index (χ3v) is 3.06. The molecule has 0 bridgehead atoms. The van der Waals surface area contributed by atoms with Crippen molar-refractivity contribution < 1.29 is 0 Å². The van der Waals surface area contributed by atoms with Crippen LogP contribution in [0.5, 0.6) is 0 Å². The summed E-state index contributed by atoms with van der Waals surface area (Å²) in [5.41, 5.74) is 0. The first-order chi connectivity index (χ1) is 5.84. The summed E-state index contributed by atoms with van der Waals surface area (Å²) >= 11 is 0. The summed E-state index contributed by atoms with van der Waals surface area (Å²) in [6, 6.07) is 0.918. The van der Waals surface area contributed by atoms with Crippen LogP contribution in [0.2, 0.25) is 0 Å². The molecule has 0 aliphatic carbocycles. The zero-order valence-corrected chi connectivity index (χ0v) is 8.68. The van der Waals surface area contributed by atoms with E-state index in [1.165, 1.54) is 51.5 Å². The van der Waals surface area contributed by atoms with Gasteiger partial charge in [0.15, 0.2) is 0 Å². The Labute approximate surface area is 77.1 Å². The summed E-state index contributed by atoms with van der Waals surface area (Å²) in [7, 11) is 2.28. The average molecular weight is 169 g/mol. The van der Waals surface area contributed by atoms with Gasteiger partial charge in [0, 0.05) is 6.04 Å². The van der Waals surface area contributed by atoms with E-state index in [4.69, 9.17) is 0 Å². The molecular weight excluding hydrogens is 146 g/mol. The van der Waals surface area contributed by atoms with Crippen molar-refractivity contribution in [3.63, 3.8) is 0 Å². The van der Waals surface area contributed by atoms with Gasteiger partial charge in [0.05, 0.1) is 0 Å². The molecule has 1 aliphatic heterocycles. The smallest absolute Gasteiger partial charge is 0.00926 e. The van der Waals surface area contributed by atoms with Gasteiger partial charge < -0.3 is 4.90 Å². The maximum Gasteiger partial charge on any atom is 0.00926 e. The highest BCUT2D eigenvalue weighted by Crippen LogP contribution is 2.20. The van der Waals surface area contributed by atoms with Crippen molar-refractivity contribution in [3.8, 4) is 0 Å². The first-order valence-corrected chi connectivity index (χ1v) is 5.55. The number of likely N-dealkylation sites (tertiary alicyclic amines) is 1. The summed E-state index contributed by atoms with van der Waals surface area (Å²) < 4.78 is 0. The quantitative estimate of drug-likeness (QED) is 0.572. The Morgan fingerprint density at radius 1 is 1.25 bits per heavy atom. The number of hydrogen-bond donors (Lipinski definition) is 0. The normalized spacial score (nSPS) is 25.0. The lowest BCUT2D eigenvalue weighted by Gasteiger charge is -2.18. The summed E-state index contributed by atoms with van der Waals surface area (Å²) in [5, 5.41) is 0. The molecule has 12 heavy (non-hydrogen) atoms. The molecule has 1 fully saturated rings. The van der Waals surface area contributed by atoms with Crippen LogP contribution in [0.25, 0.3) is 0 Å². The summed E-state index contributed by atoms with van der Waals surface area (Å²) in [6.45, 7) is 3.61. The van der Waals surface area contributed by atoms with Crippen molar-refractivity contribution in [1.82, 2.24) is 4.90 Å². The lowest BCUT2D eigenvalue weighted by Crippen LogP contribution is -2.24. The second kappa shape index (κ2) is 5.58. The van der Waals surface area contributed by atoms with Crippen LogP contribution in [0.4, 0.5) is 0 Å². The van der Waals surface area contributed by atoms with Crippen LogP contribution in [0.1, 0.15) is 51.9 Å². The topological polar surface area (TPSA) is 3.24 Å². The molecule has 0 saturated carbocycles. The van der Waals surface area contributed by atoms with Gasteiger partial charge in [0.1, 0.15) is 0 Å². The van der Waals surface area contributed by atoms with Crippen LogP contribution >= 0.6 is 0 Å². The number of hydrogen-bond acceptors (Lipinski definition) is 1. The van der Waals surface area contributed by atoms with Gasteiger partial charge in [-0.15, -0.1) is 0 Å². The van der Waals surface area contributed by atoms with Crippen LogP contribution in [-0.4, -0.2) is 24.5 Å². The van der Waals surface area contributed by atoms with E-state index < -0.39 is 0 Å². The SMILES string of the molecule is CCCCCCC1CCCN1C. The van der Waals surface area contributed by atoms with E-state index >= 15 is 0 Å². The Morgan fingerprint density at radius 2 is 2.08 bits per heavy atom. The molecule has 1 rings (SSSR count). The van der Waals surface area contributed by atoms with Gasteiger partial charge in [-0.2, -0.15) is 0 Å². The molecule has 0 aromatic rings. The predicted molar refractivity (Wildman–Crippen MR) is 54.4 cm³/mol. The molecule has 1 heterocycles. The van der Waals surface area contributed by atoms with Crippen LogP contribution in [0.15, 0.2) is 0 Å². The molecule has 0 amide bonds. The van der Waals surface area contributed by atoms with Gasteiger partial charge in [-0.05, 0) is 32.9 Å². The molecule has 0 aromatic carbocycles.